The predicted molar refractivity (Wildman–Crippen MR) is 114 cm³/mol. The molecular formula is C19H29IN4O2. The highest BCUT2D eigenvalue weighted by Gasteiger charge is 2.41. The summed E-state index contributed by atoms with van der Waals surface area (Å²) in [5.74, 6) is 0.797. The van der Waals surface area contributed by atoms with Gasteiger partial charge in [0.05, 0.1) is 24.8 Å². The Hall–Kier alpha value is -1.35. The standard InChI is InChI=1S/C19H28N4O2.HI/c1-2-20-19(23-16-12-15-8-9-17(16)25-15)21-11-10-18(24)22-13-14-6-4-3-5-7-14;/h3-7,15-17H,2,8-13H2,1H3,(H,22,24)(H2,20,21,23);1H. The number of amides is 1. The molecule has 0 radical (unpaired) electrons. The number of guanidine groups is 1. The molecule has 3 unspecified atom stereocenters. The van der Waals surface area contributed by atoms with Crippen molar-refractivity contribution in [2.75, 3.05) is 13.1 Å². The Bertz CT molecular complexity index is 596. The van der Waals surface area contributed by atoms with Crippen LogP contribution in [0.2, 0.25) is 0 Å². The number of hydrogen-bond donors (Lipinski definition) is 3. The second kappa shape index (κ2) is 10.7. The van der Waals surface area contributed by atoms with Gasteiger partial charge in [0, 0.05) is 19.5 Å². The van der Waals surface area contributed by atoms with Gasteiger partial charge in [-0.05, 0) is 31.7 Å². The van der Waals surface area contributed by atoms with E-state index in [2.05, 4.69) is 20.9 Å². The van der Waals surface area contributed by atoms with Crippen molar-refractivity contribution in [3.05, 3.63) is 35.9 Å². The van der Waals surface area contributed by atoms with Crippen LogP contribution in [-0.2, 0) is 16.1 Å². The second-order valence-electron chi connectivity index (χ2n) is 6.63. The number of aliphatic imine (C=N–C) groups is 1. The molecule has 1 amide bonds. The Balaban J connectivity index is 0.00000243. The maximum atomic E-state index is 12.0. The van der Waals surface area contributed by atoms with Crippen LogP contribution in [0.4, 0.5) is 0 Å². The van der Waals surface area contributed by atoms with E-state index in [1.165, 1.54) is 6.42 Å². The SMILES string of the molecule is CCNC(=NCCC(=O)NCc1ccccc1)NC1CC2CCC1O2.I. The van der Waals surface area contributed by atoms with Crippen LogP contribution < -0.4 is 16.0 Å². The van der Waals surface area contributed by atoms with Crippen molar-refractivity contribution < 1.29 is 9.53 Å². The van der Waals surface area contributed by atoms with Crippen LogP contribution >= 0.6 is 24.0 Å². The van der Waals surface area contributed by atoms with Crippen LogP contribution in [0.25, 0.3) is 0 Å². The molecule has 26 heavy (non-hydrogen) atoms. The fourth-order valence-corrected chi connectivity index (χ4v) is 3.44. The number of nitrogens with zero attached hydrogens (tertiary/aromatic N) is 1. The van der Waals surface area contributed by atoms with Gasteiger partial charge >= 0.3 is 0 Å². The van der Waals surface area contributed by atoms with E-state index in [1.54, 1.807) is 0 Å². The van der Waals surface area contributed by atoms with E-state index in [9.17, 15) is 4.79 Å². The van der Waals surface area contributed by atoms with Crippen molar-refractivity contribution >= 4 is 35.8 Å². The molecule has 0 aromatic heterocycles. The fraction of sp³-hybridized carbons (Fsp3) is 0.579. The van der Waals surface area contributed by atoms with Crippen molar-refractivity contribution in [3.63, 3.8) is 0 Å². The van der Waals surface area contributed by atoms with Gasteiger partial charge in [-0.3, -0.25) is 9.79 Å². The van der Waals surface area contributed by atoms with Gasteiger partial charge in [0.1, 0.15) is 0 Å². The summed E-state index contributed by atoms with van der Waals surface area (Å²) in [6.45, 7) is 3.87. The average Bonchev–Trinajstić information content (AvgIpc) is 3.24. The van der Waals surface area contributed by atoms with Gasteiger partial charge in [0.25, 0.3) is 0 Å². The topological polar surface area (TPSA) is 74.8 Å². The number of halogens is 1. The Morgan fingerprint density at radius 1 is 1.23 bits per heavy atom. The first-order chi connectivity index (χ1) is 12.2. The van der Waals surface area contributed by atoms with Crippen LogP contribution in [0, 0.1) is 0 Å². The van der Waals surface area contributed by atoms with Crippen LogP contribution in [0.3, 0.4) is 0 Å². The van der Waals surface area contributed by atoms with E-state index < -0.39 is 0 Å². The maximum Gasteiger partial charge on any atom is 0.222 e. The lowest BCUT2D eigenvalue weighted by Crippen LogP contribution is -2.47. The highest BCUT2D eigenvalue weighted by Crippen LogP contribution is 2.34. The van der Waals surface area contributed by atoms with Crippen LogP contribution in [0.5, 0.6) is 0 Å². The van der Waals surface area contributed by atoms with Crippen molar-refractivity contribution in [1.82, 2.24) is 16.0 Å². The number of rotatable bonds is 7. The number of fused-ring (bicyclic) bond motifs is 2. The molecule has 7 heteroatoms. The number of nitrogens with one attached hydrogen (secondary N) is 3. The molecule has 0 saturated carbocycles. The summed E-state index contributed by atoms with van der Waals surface area (Å²) in [5, 5.41) is 9.65. The molecule has 3 atom stereocenters. The minimum atomic E-state index is 0. The average molecular weight is 472 g/mol. The largest absolute Gasteiger partial charge is 0.373 e. The molecule has 0 aliphatic carbocycles. The van der Waals surface area contributed by atoms with E-state index in [1.807, 2.05) is 37.3 Å². The summed E-state index contributed by atoms with van der Waals surface area (Å²) in [7, 11) is 0. The molecule has 0 spiro atoms. The monoisotopic (exact) mass is 472 g/mol. The van der Waals surface area contributed by atoms with Gasteiger partial charge in [0.2, 0.25) is 5.91 Å². The van der Waals surface area contributed by atoms with Gasteiger partial charge in [-0.15, -0.1) is 24.0 Å². The van der Waals surface area contributed by atoms with Gasteiger partial charge < -0.3 is 20.7 Å². The maximum absolute atomic E-state index is 12.0. The molecule has 144 valence electrons. The Labute approximate surface area is 172 Å². The zero-order valence-corrected chi connectivity index (χ0v) is 17.6. The van der Waals surface area contributed by atoms with Crippen molar-refractivity contribution in [1.29, 1.82) is 0 Å². The first kappa shape index (κ1) is 21.0. The second-order valence-corrected chi connectivity index (χ2v) is 6.63. The van der Waals surface area contributed by atoms with Crippen LogP contribution in [-0.4, -0.2) is 43.2 Å². The van der Waals surface area contributed by atoms with Crippen LogP contribution in [0.1, 0.15) is 38.2 Å². The third-order valence-electron chi connectivity index (χ3n) is 4.71. The summed E-state index contributed by atoms with van der Waals surface area (Å²) >= 11 is 0. The number of carbonyl (C=O) groups excluding carboxylic acids is 1. The molecule has 6 nitrogen and oxygen atoms in total. The molecule has 2 heterocycles. The zero-order chi connectivity index (χ0) is 17.5. The highest BCUT2D eigenvalue weighted by atomic mass is 127. The van der Waals surface area contributed by atoms with E-state index in [-0.39, 0.29) is 29.9 Å². The van der Waals surface area contributed by atoms with Gasteiger partial charge in [0.15, 0.2) is 5.96 Å². The Morgan fingerprint density at radius 3 is 2.69 bits per heavy atom. The predicted octanol–water partition coefficient (Wildman–Crippen LogP) is 2.19. The molecule has 2 fully saturated rings. The lowest BCUT2D eigenvalue weighted by molar-refractivity contribution is -0.121. The Kier molecular flexibility index (Phi) is 8.64. The van der Waals surface area contributed by atoms with E-state index in [4.69, 9.17) is 4.74 Å². The minimum Gasteiger partial charge on any atom is -0.373 e. The summed E-state index contributed by atoms with van der Waals surface area (Å²) in [4.78, 5) is 16.5. The van der Waals surface area contributed by atoms with Gasteiger partial charge in [-0.2, -0.15) is 0 Å². The van der Waals surface area contributed by atoms with Crippen molar-refractivity contribution in [2.45, 2.75) is 57.4 Å². The van der Waals surface area contributed by atoms with Crippen molar-refractivity contribution in [3.8, 4) is 0 Å². The molecule has 3 N–H and O–H groups in total. The molecule has 1 aromatic carbocycles. The molecule has 1 aromatic rings. The normalized spacial score (nSPS) is 24.0. The number of benzene rings is 1. The Morgan fingerprint density at radius 2 is 2.04 bits per heavy atom. The number of carbonyl (C=O) groups is 1. The number of hydrogen-bond acceptors (Lipinski definition) is 3. The summed E-state index contributed by atoms with van der Waals surface area (Å²) in [6, 6.07) is 10.3. The summed E-state index contributed by atoms with van der Waals surface area (Å²) < 4.78 is 5.87. The van der Waals surface area contributed by atoms with Crippen LogP contribution in [0.15, 0.2) is 35.3 Å². The molecule has 2 aliphatic heterocycles. The highest BCUT2D eigenvalue weighted by molar-refractivity contribution is 14.0. The molecule has 2 saturated heterocycles. The molecule has 2 aliphatic rings. The van der Waals surface area contributed by atoms with Crippen molar-refractivity contribution in [2.24, 2.45) is 4.99 Å². The smallest absolute Gasteiger partial charge is 0.222 e. The third kappa shape index (κ3) is 6.12. The van der Waals surface area contributed by atoms with Gasteiger partial charge in [-0.25, -0.2) is 0 Å². The first-order valence-corrected chi connectivity index (χ1v) is 9.25. The lowest BCUT2D eigenvalue weighted by atomic mass is 9.96. The van der Waals surface area contributed by atoms with E-state index in [0.29, 0.717) is 37.8 Å². The minimum absolute atomic E-state index is 0. The molecular weight excluding hydrogens is 443 g/mol. The quantitative estimate of drug-likeness (QED) is 0.323. The fourth-order valence-electron chi connectivity index (χ4n) is 3.44. The summed E-state index contributed by atoms with van der Waals surface area (Å²) in [5.41, 5.74) is 1.10. The van der Waals surface area contributed by atoms with E-state index in [0.717, 1.165) is 30.9 Å². The molecule has 3 rings (SSSR count). The zero-order valence-electron chi connectivity index (χ0n) is 15.2. The number of ether oxygens (including phenoxy) is 1. The van der Waals surface area contributed by atoms with Gasteiger partial charge in [-0.1, -0.05) is 30.3 Å². The van der Waals surface area contributed by atoms with E-state index >= 15 is 0 Å². The lowest BCUT2D eigenvalue weighted by Gasteiger charge is -2.22. The molecule has 2 bridgehead atoms. The summed E-state index contributed by atoms with van der Waals surface area (Å²) in [6.07, 6.45) is 4.46. The third-order valence-corrected chi connectivity index (χ3v) is 4.71. The first-order valence-electron chi connectivity index (χ1n) is 9.25.